The summed E-state index contributed by atoms with van der Waals surface area (Å²) in [6.45, 7) is 3.08. The highest BCUT2D eigenvalue weighted by molar-refractivity contribution is 7.99. The van der Waals surface area contributed by atoms with E-state index >= 15 is 0 Å². The van der Waals surface area contributed by atoms with Crippen molar-refractivity contribution in [3.8, 4) is 11.3 Å². The van der Waals surface area contributed by atoms with E-state index in [4.69, 9.17) is 23.6 Å². The number of hydrogen-bond donors (Lipinski definition) is 4. The number of nitrogens with two attached hydrogens (primary N) is 1. The van der Waals surface area contributed by atoms with Gasteiger partial charge in [0.25, 0.3) is 5.95 Å². The number of imide groups is 1. The molecule has 2 aromatic heterocycles. The lowest BCUT2D eigenvalue weighted by Crippen LogP contribution is -2.53. The number of likely N-dealkylation sites (tertiary alicyclic amines) is 1. The molecule has 1 aliphatic carbocycles. The van der Waals surface area contributed by atoms with E-state index in [2.05, 4.69) is 50.0 Å². The molecule has 352 valence electrons. The van der Waals surface area contributed by atoms with Crippen molar-refractivity contribution in [2.24, 2.45) is 11.7 Å². The standard InChI is InChI=1S/C45H55BN12O8S/c1-53(44(64)57(41(62)32-14-15-32)43-50-38-7-3-5-35(58(38)52-43)31-12-8-29(9-13-31)27-55-21-23-67-24-22-55)19-20-54(2)45(65)66-28-30-10-16-33(17-11-30)49-39(60)26-48-40(61)36-6-4-18-56(36)42(63)34(51-46)25-37(47)59/h3,5,7-13,16-17,32,34,36,51H,4,6,14-15,18-28H2,1-2H3,(H2,47,59)(H,48,61)(H,49,60). The largest absolute Gasteiger partial charge is 0.445 e. The maximum absolute atomic E-state index is 14.0. The summed E-state index contributed by atoms with van der Waals surface area (Å²) < 4.78 is 7.14. The van der Waals surface area contributed by atoms with E-state index in [0.717, 1.165) is 47.3 Å². The van der Waals surface area contributed by atoms with Crippen LogP contribution in [0.5, 0.6) is 0 Å². The molecule has 0 bridgehead atoms. The number of hydrogen-bond acceptors (Lipinski definition) is 13. The number of nitrogens with one attached hydrogen (secondary N) is 3. The summed E-state index contributed by atoms with van der Waals surface area (Å²) in [5.74, 6) is -0.684. The first-order valence-electron chi connectivity index (χ1n) is 22.2. The molecule has 22 heteroatoms. The number of anilines is 2. The number of rotatable bonds is 18. The smallest absolute Gasteiger partial charge is 0.409 e. The van der Waals surface area contributed by atoms with Crippen LogP contribution in [0.4, 0.5) is 21.2 Å². The first kappa shape index (κ1) is 48.4. The fraction of sp³-hybridized carbons (Fsp3) is 0.444. The molecule has 3 aliphatic rings. The second-order valence-corrected chi connectivity index (χ2v) is 18.1. The Balaban J connectivity index is 0.874. The van der Waals surface area contributed by atoms with E-state index in [9.17, 15) is 33.6 Å². The van der Waals surface area contributed by atoms with Crippen molar-refractivity contribution in [2.45, 2.75) is 57.3 Å². The van der Waals surface area contributed by atoms with Gasteiger partial charge >= 0.3 is 12.1 Å². The third-order valence-corrected chi connectivity index (χ3v) is 12.8. The zero-order chi connectivity index (χ0) is 47.6. The van der Waals surface area contributed by atoms with Gasteiger partial charge in [-0.15, -0.1) is 5.10 Å². The Bertz CT molecular complexity index is 2450. The van der Waals surface area contributed by atoms with Gasteiger partial charge in [0, 0.05) is 88.5 Å². The van der Waals surface area contributed by atoms with Crippen LogP contribution in [0.3, 0.4) is 0 Å². The summed E-state index contributed by atoms with van der Waals surface area (Å²) in [5.41, 5.74) is 9.67. The average molecular weight is 935 g/mol. The first-order chi connectivity index (χ1) is 32.3. The third-order valence-electron chi connectivity index (χ3n) is 11.8. The number of amides is 8. The summed E-state index contributed by atoms with van der Waals surface area (Å²) in [5, 5.41) is 12.2. The number of pyridine rings is 1. The summed E-state index contributed by atoms with van der Waals surface area (Å²) >= 11 is 1.98. The molecule has 67 heavy (non-hydrogen) atoms. The van der Waals surface area contributed by atoms with Crippen molar-refractivity contribution in [1.29, 1.82) is 0 Å². The molecule has 0 spiro atoms. The molecule has 8 amide bonds. The Morgan fingerprint density at radius 1 is 0.896 bits per heavy atom. The average Bonchev–Trinajstić information content (AvgIpc) is 3.91. The Hall–Kier alpha value is -6.52. The van der Waals surface area contributed by atoms with Crippen LogP contribution < -0.4 is 26.5 Å². The number of primary amides is 1. The van der Waals surface area contributed by atoms with Gasteiger partial charge in [0.05, 0.1) is 18.3 Å². The van der Waals surface area contributed by atoms with Gasteiger partial charge in [0.2, 0.25) is 29.5 Å². The zero-order valence-corrected chi connectivity index (χ0v) is 38.4. The van der Waals surface area contributed by atoms with Crippen LogP contribution in [-0.4, -0.2) is 161 Å². The molecule has 2 radical (unpaired) electrons. The van der Waals surface area contributed by atoms with Crippen molar-refractivity contribution < 1.29 is 38.3 Å². The van der Waals surface area contributed by atoms with Crippen LogP contribution in [0.15, 0.2) is 66.7 Å². The van der Waals surface area contributed by atoms with Gasteiger partial charge in [-0.3, -0.25) is 28.9 Å². The maximum atomic E-state index is 14.0. The van der Waals surface area contributed by atoms with Gasteiger partial charge in [-0.2, -0.15) is 21.6 Å². The Labute approximate surface area is 393 Å². The number of ether oxygens (including phenoxy) is 1. The number of nitrogens with zero attached hydrogens (tertiary/aromatic N) is 8. The molecule has 2 aliphatic heterocycles. The van der Waals surface area contributed by atoms with E-state index in [1.807, 2.05) is 23.9 Å². The Morgan fingerprint density at radius 3 is 2.28 bits per heavy atom. The number of aromatic nitrogens is 3. The van der Waals surface area contributed by atoms with Crippen LogP contribution in [0.25, 0.3) is 16.9 Å². The lowest BCUT2D eigenvalue weighted by atomic mass is 10.1. The molecule has 3 fully saturated rings. The summed E-state index contributed by atoms with van der Waals surface area (Å²) in [6.07, 6.45) is 1.31. The van der Waals surface area contributed by atoms with Crippen molar-refractivity contribution in [3.05, 3.63) is 77.9 Å². The highest BCUT2D eigenvalue weighted by Gasteiger charge is 2.40. The molecular formula is C45H55BN12O8S. The van der Waals surface area contributed by atoms with Crippen molar-refractivity contribution in [1.82, 2.24) is 44.7 Å². The van der Waals surface area contributed by atoms with E-state index < -0.39 is 47.8 Å². The molecule has 20 nitrogen and oxygen atoms in total. The predicted octanol–water partition coefficient (Wildman–Crippen LogP) is 1.97. The number of carbonyl (C=O) groups excluding carboxylic acids is 7. The molecule has 2 saturated heterocycles. The molecule has 4 heterocycles. The van der Waals surface area contributed by atoms with Crippen LogP contribution in [0, 0.1) is 5.92 Å². The van der Waals surface area contributed by atoms with E-state index in [-0.39, 0.29) is 50.4 Å². The zero-order valence-electron chi connectivity index (χ0n) is 37.6. The molecule has 2 unspecified atom stereocenters. The van der Waals surface area contributed by atoms with E-state index in [1.54, 1.807) is 41.9 Å². The normalized spacial score (nSPS) is 16.5. The molecule has 2 atom stereocenters. The molecule has 7 rings (SSSR count). The number of thioether (sulfide) groups is 1. The minimum Gasteiger partial charge on any atom is -0.445 e. The summed E-state index contributed by atoms with van der Waals surface area (Å²) in [6, 6.07) is 18.0. The summed E-state index contributed by atoms with van der Waals surface area (Å²) in [4.78, 5) is 102. The van der Waals surface area contributed by atoms with Crippen molar-refractivity contribution >= 4 is 78.7 Å². The van der Waals surface area contributed by atoms with Gasteiger partial charge in [0.1, 0.15) is 12.6 Å². The Kier molecular flexibility index (Phi) is 16.1. The third kappa shape index (κ3) is 12.5. The fourth-order valence-electron chi connectivity index (χ4n) is 7.81. The van der Waals surface area contributed by atoms with Gasteiger partial charge in [-0.25, -0.2) is 14.1 Å². The number of urea groups is 1. The first-order valence-corrected chi connectivity index (χ1v) is 23.4. The highest BCUT2D eigenvalue weighted by Crippen LogP contribution is 2.33. The highest BCUT2D eigenvalue weighted by atomic mass is 32.2. The summed E-state index contributed by atoms with van der Waals surface area (Å²) in [7, 11) is 8.51. The maximum Gasteiger partial charge on any atom is 0.409 e. The molecule has 2 aromatic carbocycles. The van der Waals surface area contributed by atoms with E-state index in [0.29, 0.717) is 49.1 Å². The predicted molar refractivity (Wildman–Crippen MR) is 251 cm³/mol. The minimum absolute atomic E-state index is 0.0220. The molecule has 1 saturated carbocycles. The van der Waals surface area contributed by atoms with Gasteiger partial charge in [-0.05, 0) is 61.1 Å². The van der Waals surface area contributed by atoms with Gasteiger partial charge < -0.3 is 41.0 Å². The second-order valence-electron chi connectivity index (χ2n) is 16.8. The quantitative estimate of drug-likeness (QED) is 0.105. The molecule has 5 N–H and O–H groups in total. The lowest BCUT2D eigenvalue weighted by molar-refractivity contribution is -0.140. The van der Waals surface area contributed by atoms with Crippen molar-refractivity contribution in [2.75, 3.05) is 75.1 Å². The fourth-order valence-corrected chi connectivity index (χ4v) is 8.79. The second kappa shape index (κ2) is 22.3. The molecule has 4 aromatic rings. The van der Waals surface area contributed by atoms with E-state index in [1.165, 1.54) is 27.3 Å². The van der Waals surface area contributed by atoms with Crippen molar-refractivity contribution in [3.63, 3.8) is 0 Å². The van der Waals surface area contributed by atoms with Gasteiger partial charge in [-0.1, -0.05) is 42.5 Å². The Morgan fingerprint density at radius 2 is 1.60 bits per heavy atom. The lowest BCUT2D eigenvalue weighted by Gasteiger charge is -2.27. The molecular weight excluding hydrogens is 879 g/mol. The van der Waals surface area contributed by atoms with Crippen LogP contribution in [0.1, 0.15) is 43.2 Å². The monoisotopic (exact) mass is 934 g/mol. The van der Waals surface area contributed by atoms with Gasteiger partial charge in [0.15, 0.2) is 13.6 Å². The van der Waals surface area contributed by atoms with Crippen LogP contribution >= 0.6 is 11.8 Å². The number of benzene rings is 2. The van der Waals surface area contributed by atoms with Crippen LogP contribution in [-0.2, 0) is 41.9 Å². The topological polar surface area (TPSA) is 237 Å². The van der Waals surface area contributed by atoms with Crippen LogP contribution in [0.2, 0.25) is 0 Å². The number of carbonyl (C=O) groups is 7. The number of likely N-dealkylation sites (N-methyl/N-ethyl adjacent to an activating group) is 2. The number of fused-ring (bicyclic) bond motifs is 1. The SMILES string of the molecule is [B]NC(CC(N)=O)C(=O)N1CCCC1C(=O)NCC(=O)Nc1ccc(COC(=O)N(C)CCN(C)C(=O)N(C(=O)C2CC2)c2nc3cccc(-c4ccc(CN5CCSCC5)cc4)n3n2)cc1. The minimum atomic E-state index is -1.07.